The Bertz CT molecular complexity index is 1520. The Morgan fingerprint density at radius 1 is 0.784 bits per heavy atom. The SMILES string of the molecule is O=C(NCc1ccc(-c2ccccc2)cc1)c1cncn1-c1cccc(-c2ccccc2C(F)(F)F)c1. The van der Waals surface area contributed by atoms with E-state index >= 15 is 0 Å². The van der Waals surface area contributed by atoms with Gasteiger partial charge in [-0.3, -0.25) is 9.36 Å². The lowest BCUT2D eigenvalue weighted by atomic mass is 9.99. The number of rotatable bonds is 6. The summed E-state index contributed by atoms with van der Waals surface area (Å²) in [6.07, 6.45) is -1.57. The van der Waals surface area contributed by atoms with E-state index in [1.165, 1.54) is 24.7 Å². The summed E-state index contributed by atoms with van der Waals surface area (Å²) >= 11 is 0. The molecule has 37 heavy (non-hydrogen) atoms. The molecule has 0 spiro atoms. The normalized spacial score (nSPS) is 11.3. The van der Waals surface area contributed by atoms with E-state index in [0.717, 1.165) is 22.8 Å². The summed E-state index contributed by atoms with van der Waals surface area (Å²) in [4.78, 5) is 17.1. The van der Waals surface area contributed by atoms with Crippen molar-refractivity contribution < 1.29 is 18.0 Å². The quantitative estimate of drug-likeness (QED) is 0.271. The Morgan fingerprint density at radius 3 is 2.22 bits per heavy atom. The van der Waals surface area contributed by atoms with Gasteiger partial charge in [-0.15, -0.1) is 0 Å². The monoisotopic (exact) mass is 497 g/mol. The minimum absolute atomic E-state index is 0.0712. The Balaban J connectivity index is 1.34. The van der Waals surface area contributed by atoms with E-state index in [-0.39, 0.29) is 17.2 Å². The van der Waals surface area contributed by atoms with E-state index in [9.17, 15) is 18.0 Å². The van der Waals surface area contributed by atoms with Gasteiger partial charge in [0.25, 0.3) is 5.91 Å². The molecule has 5 rings (SSSR count). The molecule has 0 fully saturated rings. The minimum atomic E-state index is -4.48. The molecule has 0 saturated carbocycles. The summed E-state index contributed by atoms with van der Waals surface area (Å²) in [7, 11) is 0. The molecule has 1 heterocycles. The van der Waals surface area contributed by atoms with Crippen LogP contribution in [0.2, 0.25) is 0 Å². The summed E-state index contributed by atoms with van der Waals surface area (Å²) in [5.74, 6) is -0.342. The number of nitrogens with zero attached hydrogens (tertiary/aromatic N) is 2. The molecule has 0 radical (unpaired) electrons. The van der Waals surface area contributed by atoms with E-state index in [2.05, 4.69) is 10.3 Å². The summed E-state index contributed by atoms with van der Waals surface area (Å²) in [5.41, 5.74) is 3.69. The van der Waals surface area contributed by atoms with E-state index in [1.807, 2.05) is 54.6 Å². The standard InChI is InChI=1S/C30H22F3N3O/c31-30(32,33)27-12-5-4-11-26(27)24-9-6-10-25(17-24)36-20-34-19-28(36)29(37)35-18-21-13-15-23(16-14-21)22-7-2-1-3-8-22/h1-17,19-20H,18H2,(H,35,37). The van der Waals surface area contributed by atoms with Crippen LogP contribution in [0, 0.1) is 0 Å². The lowest BCUT2D eigenvalue weighted by Crippen LogP contribution is -2.25. The van der Waals surface area contributed by atoms with Crippen molar-refractivity contribution in [2.45, 2.75) is 12.7 Å². The number of carbonyl (C=O) groups excluding carboxylic acids is 1. The summed E-state index contributed by atoms with van der Waals surface area (Å²) in [5, 5.41) is 2.90. The number of halogens is 3. The second-order valence-corrected chi connectivity index (χ2v) is 8.49. The molecule has 0 saturated heterocycles. The first kappa shape index (κ1) is 24.1. The zero-order valence-corrected chi connectivity index (χ0v) is 19.6. The van der Waals surface area contributed by atoms with Gasteiger partial charge in [0.05, 0.1) is 18.1 Å². The van der Waals surface area contributed by atoms with Crippen molar-refractivity contribution in [3.8, 4) is 27.9 Å². The molecule has 1 aromatic heterocycles. The lowest BCUT2D eigenvalue weighted by molar-refractivity contribution is -0.137. The van der Waals surface area contributed by atoms with Crippen LogP contribution >= 0.6 is 0 Å². The molecule has 0 aliphatic heterocycles. The largest absolute Gasteiger partial charge is 0.417 e. The van der Waals surface area contributed by atoms with E-state index in [0.29, 0.717) is 17.8 Å². The van der Waals surface area contributed by atoms with Crippen molar-refractivity contribution >= 4 is 5.91 Å². The fraction of sp³-hybridized carbons (Fsp3) is 0.0667. The van der Waals surface area contributed by atoms with Gasteiger partial charge in [-0.25, -0.2) is 4.98 Å². The summed E-state index contributed by atoms with van der Waals surface area (Å²) < 4.78 is 42.2. The Morgan fingerprint density at radius 2 is 1.46 bits per heavy atom. The maximum absolute atomic E-state index is 13.5. The molecule has 4 aromatic carbocycles. The first-order valence-electron chi connectivity index (χ1n) is 11.6. The van der Waals surface area contributed by atoms with Crippen molar-refractivity contribution in [2.75, 3.05) is 0 Å². The molecule has 0 bridgehead atoms. The van der Waals surface area contributed by atoms with Crippen molar-refractivity contribution in [1.29, 1.82) is 0 Å². The topological polar surface area (TPSA) is 46.9 Å². The lowest BCUT2D eigenvalue weighted by Gasteiger charge is -2.14. The highest BCUT2D eigenvalue weighted by Gasteiger charge is 2.33. The van der Waals surface area contributed by atoms with Crippen molar-refractivity contribution in [1.82, 2.24) is 14.9 Å². The van der Waals surface area contributed by atoms with E-state index < -0.39 is 11.7 Å². The second-order valence-electron chi connectivity index (χ2n) is 8.49. The van der Waals surface area contributed by atoms with Crippen LogP contribution in [-0.2, 0) is 12.7 Å². The molecule has 1 N–H and O–H groups in total. The predicted molar refractivity (Wildman–Crippen MR) is 137 cm³/mol. The van der Waals surface area contributed by atoms with Crippen LogP contribution in [0.25, 0.3) is 27.9 Å². The van der Waals surface area contributed by atoms with Gasteiger partial charge in [-0.2, -0.15) is 13.2 Å². The molecule has 0 aliphatic carbocycles. The fourth-order valence-corrected chi connectivity index (χ4v) is 4.19. The second kappa shape index (κ2) is 10.1. The van der Waals surface area contributed by atoms with Crippen LogP contribution in [0.4, 0.5) is 13.2 Å². The molecule has 7 heteroatoms. The predicted octanol–water partition coefficient (Wildman–Crippen LogP) is 7.16. The van der Waals surface area contributed by atoms with Gasteiger partial charge < -0.3 is 5.32 Å². The van der Waals surface area contributed by atoms with Crippen molar-refractivity contribution in [3.05, 3.63) is 132 Å². The van der Waals surface area contributed by atoms with Gasteiger partial charge in [0, 0.05) is 12.2 Å². The van der Waals surface area contributed by atoms with E-state index in [4.69, 9.17) is 0 Å². The van der Waals surface area contributed by atoms with Crippen LogP contribution in [0.3, 0.4) is 0 Å². The van der Waals surface area contributed by atoms with Gasteiger partial charge in [0.2, 0.25) is 0 Å². The number of nitrogens with one attached hydrogen (secondary N) is 1. The maximum Gasteiger partial charge on any atom is 0.417 e. The maximum atomic E-state index is 13.5. The summed E-state index contributed by atoms with van der Waals surface area (Å²) in [6, 6.07) is 30.0. The van der Waals surface area contributed by atoms with Crippen LogP contribution in [0.5, 0.6) is 0 Å². The number of carbonyl (C=O) groups is 1. The third-order valence-corrected chi connectivity index (χ3v) is 6.05. The molecule has 184 valence electrons. The minimum Gasteiger partial charge on any atom is -0.347 e. The van der Waals surface area contributed by atoms with Gasteiger partial charge in [-0.1, -0.05) is 84.9 Å². The number of hydrogen-bond acceptors (Lipinski definition) is 2. The van der Waals surface area contributed by atoms with E-state index in [1.54, 1.807) is 34.9 Å². The zero-order chi connectivity index (χ0) is 25.8. The zero-order valence-electron chi connectivity index (χ0n) is 19.6. The first-order valence-corrected chi connectivity index (χ1v) is 11.6. The molecule has 0 unspecified atom stereocenters. The Labute approximate surface area is 212 Å². The third-order valence-electron chi connectivity index (χ3n) is 6.05. The molecule has 4 nitrogen and oxygen atoms in total. The molecule has 0 atom stereocenters. The number of imidazole rings is 1. The summed E-state index contributed by atoms with van der Waals surface area (Å²) in [6.45, 7) is 0.318. The Kier molecular flexibility index (Phi) is 6.60. The highest BCUT2D eigenvalue weighted by Crippen LogP contribution is 2.37. The van der Waals surface area contributed by atoms with Crippen molar-refractivity contribution in [3.63, 3.8) is 0 Å². The molecule has 0 aliphatic rings. The first-order chi connectivity index (χ1) is 17.9. The number of hydrogen-bond donors (Lipinski definition) is 1. The number of aromatic nitrogens is 2. The number of alkyl halides is 3. The van der Waals surface area contributed by atoms with Gasteiger partial charge in [0.1, 0.15) is 5.69 Å². The molecule has 5 aromatic rings. The van der Waals surface area contributed by atoms with Gasteiger partial charge >= 0.3 is 6.18 Å². The molecular formula is C30H22F3N3O. The average Bonchev–Trinajstić information content (AvgIpc) is 3.42. The molecular weight excluding hydrogens is 475 g/mol. The van der Waals surface area contributed by atoms with Crippen LogP contribution in [-0.4, -0.2) is 15.5 Å². The number of benzene rings is 4. The Hall–Kier alpha value is -4.65. The molecule has 1 amide bonds. The highest BCUT2D eigenvalue weighted by atomic mass is 19.4. The highest BCUT2D eigenvalue weighted by molar-refractivity contribution is 5.93. The van der Waals surface area contributed by atoms with Crippen LogP contribution in [0.1, 0.15) is 21.6 Å². The van der Waals surface area contributed by atoms with Crippen LogP contribution < -0.4 is 5.32 Å². The smallest absolute Gasteiger partial charge is 0.347 e. The van der Waals surface area contributed by atoms with Gasteiger partial charge in [0.15, 0.2) is 0 Å². The fourth-order valence-electron chi connectivity index (χ4n) is 4.19. The number of amides is 1. The average molecular weight is 498 g/mol. The van der Waals surface area contributed by atoms with Gasteiger partial charge in [-0.05, 0) is 46.0 Å². The third kappa shape index (κ3) is 5.30. The van der Waals surface area contributed by atoms with Crippen LogP contribution in [0.15, 0.2) is 116 Å². The van der Waals surface area contributed by atoms with Crippen molar-refractivity contribution in [2.24, 2.45) is 0 Å².